The number of rotatable bonds is 7. The van der Waals surface area contributed by atoms with Crippen LogP contribution in [0.5, 0.6) is 0 Å². The molecule has 3 aromatic heterocycles. The molecule has 1 aliphatic heterocycles. The van der Waals surface area contributed by atoms with Gasteiger partial charge in [0.2, 0.25) is 0 Å². The molecule has 0 atom stereocenters. The minimum absolute atomic E-state index is 0. The summed E-state index contributed by atoms with van der Waals surface area (Å²) in [7, 11) is 0. The summed E-state index contributed by atoms with van der Waals surface area (Å²) in [5.74, 6) is 3.38. The Balaban J connectivity index is 0.000000203. The van der Waals surface area contributed by atoms with Crippen molar-refractivity contribution in [3.05, 3.63) is 144 Å². The largest absolute Gasteiger partial charge is 2.00 e. The fourth-order valence-corrected chi connectivity index (χ4v) is 7.23. The van der Waals surface area contributed by atoms with Crippen molar-refractivity contribution in [2.45, 2.75) is 79.1 Å². The molecule has 1 aliphatic rings. The number of nitrogens with zero attached hydrogens (tertiary/aromatic N) is 6. The van der Waals surface area contributed by atoms with Crippen LogP contribution in [0.15, 0.2) is 116 Å². The van der Waals surface area contributed by atoms with Crippen molar-refractivity contribution >= 4 is 44.7 Å². The van der Waals surface area contributed by atoms with Crippen LogP contribution in [0.1, 0.15) is 101 Å². The summed E-state index contributed by atoms with van der Waals surface area (Å²) in [4.78, 5) is 23.2. The van der Waals surface area contributed by atoms with Crippen LogP contribution in [0, 0.1) is 6.67 Å². The fraction of sp³-hybridized carbons (Fsp3) is 0.261. The molecule has 8 rings (SSSR count). The van der Waals surface area contributed by atoms with E-state index in [1.807, 2.05) is 54.7 Å². The minimum Gasteiger partial charge on any atom is -0.471 e. The van der Waals surface area contributed by atoms with E-state index in [2.05, 4.69) is 141 Å². The molecule has 0 saturated heterocycles. The van der Waals surface area contributed by atoms with Gasteiger partial charge in [0.15, 0.2) is 0 Å². The monoisotopic (exact) mass is 747 g/mol. The average Bonchev–Trinajstić information content (AvgIpc) is 3.76. The Morgan fingerprint density at radius 3 is 1.72 bits per heavy atom. The molecule has 0 spiro atoms. The SMILES string of the molecule is CC(C)c1cccc(C(C)C)c1N1[CH-]N(c2c(C(C)C)cccc2C(C)C)c2ncccc21.[Cu+2].c1ccc2c(-c3nc4ccccc4[n-]3)nccc2c1. The molecule has 1 radical (unpaired) electrons. The first-order valence-electron chi connectivity index (χ1n) is 18.5. The maximum atomic E-state index is 4.90. The van der Waals surface area contributed by atoms with Gasteiger partial charge in [-0.1, -0.05) is 140 Å². The second-order valence-corrected chi connectivity index (χ2v) is 14.8. The Morgan fingerprint density at radius 1 is 0.547 bits per heavy atom. The van der Waals surface area contributed by atoms with Crippen molar-refractivity contribution in [1.82, 2.24) is 19.9 Å². The Morgan fingerprint density at radius 2 is 1.11 bits per heavy atom. The molecule has 273 valence electrons. The van der Waals surface area contributed by atoms with E-state index in [1.54, 1.807) is 6.20 Å². The van der Waals surface area contributed by atoms with E-state index in [-0.39, 0.29) is 17.1 Å². The molecule has 0 amide bonds. The summed E-state index contributed by atoms with van der Waals surface area (Å²) in [6.45, 7) is 20.5. The molecule has 4 heterocycles. The Kier molecular flexibility index (Phi) is 11.4. The zero-order valence-corrected chi connectivity index (χ0v) is 32.8. The third-order valence-corrected chi connectivity index (χ3v) is 9.87. The van der Waals surface area contributed by atoms with Crippen molar-refractivity contribution < 1.29 is 17.1 Å². The average molecular weight is 748 g/mol. The molecule has 0 fully saturated rings. The Hall–Kier alpha value is -4.97. The number of imidazole rings is 1. The Bertz CT molecular complexity index is 2160. The van der Waals surface area contributed by atoms with Gasteiger partial charge in [0.25, 0.3) is 0 Å². The number of aromatic nitrogens is 4. The maximum Gasteiger partial charge on any atom is 2.00 e. The first-order chi connectivity index (χ1) is 25.1. The second kappa shape index (κ2) is 16.0. The number of pyridine rings is 2. The summed E-state index contributed by atoms with van der Waals surface area (Å²) in [6.07, 6.45) is 3.71. The molecule has 0 unspecified atom stereocenters. The van der Waals surface area contributed by atoms with Crippen molar-refractivity contribution in [2.75, 3.05) is 9.80 Å². The molecule has 0 aliphatic carbocycles. The van der Waals surface area contributed by atoms with Crippen LogP contribution in [-0.2, 0) is 17.1 Å². The van der Waals surface area contributed by atoms with Crippen molar-refractivity contribution in [2.24, 2.45) is 0 Å². The molecule has 0 N–H and O–H groups in total. The number of hydrogen-bond donors (Lipinski definition) is 0. The van der Waals surface area contributed by atoms with Gasteiger partial charge in [-0.25, -0.2) is 4.98 Å². The molecular weight excluding hydrogens is 700 g/mol. The van der Waals surface area contributed by atoms with Gasteiger partial charge < -0.3 is 19.8 Å². The molecular formula is C46H48CuN6. The van der Waals surface area contributed by atoms with Crippen LogP contribution >= 0.6 is 0 Å². The predicted molar refractivity (Wildman–Crippen MR) is 218 cm³/mol. The first kappa shape index (κ1) is 37.8. The van der Waals surface area contributed by atoms with E-state index in [0.29, 0.717) is 29.5 Å². The van der Waals surface area contributed by atoms with E-state index in [4.69, 9.17) is 4.98 Å². The molecule has 4 aromatic carbocycles. The third-order valence-electron chi connectivity index (χ3n) is 9.87. The topological polar surface area (TPSA) is 59.3 Å². The fourth-order valence-electron chi connectivity index (χ4n) is 7.23. The zero-order chi connectivity index (χ0) is 36.5. The van der Waals surface area contributed by atoms with Gasteiger partial charge in [-0.3, -0.25) is 4.98 Å². The summed E-state index contributed by atoms with van der Waals surface area (Å²) in [5.41, 5.74) is 11.8. The molecule has 0 saturated carbocycles. The van der Waals surface area contributed by atoms with Gasteiger partial charge in [0.05, 0.1) is 11.4 Å². The predicted octanol–water partition coefficient (Wildman–Crippen LogP) is 12.4. The molecule has 7 aromatic rings. The summed E-state index contributed by atoms with van der Waals surface area (Å²) >= 11 is 0. The van der Waals surface area contributed by atoms with E-state index in [9.17, 15) is 0 Å². The van der Waals surface area contributed by atoms with Gasteiger partial charge in [-0.15, -0.1) is 6.67 Å². The van der Waals surface area contributed by atoms with Gasteiger partial charge in [-0.05, 0) is 86.4 Å². The molecule has 6 nitrogen and oxygen atoms in total. The summed E-state index contributed by atoms with van der Waals surface area (Å²) in [5, 5.41) is 2.24. The first-order valence-corrected chi connectivity index (χ1v) is 18.5. The van der Waals surface area contributed by atoms with Crippen molar-refractivity contribution in [3.63, 3.8) is 0 Å². The van der Waals surface area contributed by atoms with Crippen LogP contribution in [-0.4, -0.2) is 15.0 Å². The van der Waals surface area contributed by atoms with Crippen LogP contribution in [0.3, 0.4) is 0 Å². The molecule has 7 heteroatoms. The van der Waals surface area contributed by atoms with E-state index < -0.39 is 0 Å². The third kappa shape index (κ3) is 7.33. The summed E-state index contributed by atoms with van der Waals surface area (Å²) in [6, 6.07) is 35.8. The van der Waals surface area contributed by atoms with Gasteiger partial charge in [0.1, 0.15) is 5.82 Å². The van der Waals surface area contributed by atoms with Gasteiger partial charge in [-0.2, -0.15) is 0 Å². The number of fused-ring (bicyclic) bond motifs is 3. The number of anilines is 4. The van der Waals surface area contributed by atoms with Gasteiger partial charge in [0, 0.05) is 29.2 Å². The minimum atomic E-state index is 0. The normalized spacial score (nSPS) is 12.5. The van der Waals surface area contributed by atoms with E-state index >= 15 is 0 Å². The molecule has 0 bridgehead atoms. The standard InChI is InChI=1S/C30H38N3.C16H10N3.Cu/c1-19(2)23-12-9-13-24(20(3)4)28(23)32-18-33(30-27(32)16-11-17-31-30)29-25(21(5)6)14-10-15-26(29)22(7)8;1-2-6-12-11(5-1)9-10-17-15(12)16-18-13-7-3-4-8-14(13)19-16;/h9-22H,1-8H3;1-10H;/q2*-1;+2. The maximum absolute atomic E-state index is 4.90. The van der Waals surface area contributed by atoms with E-state index in [0.717, 1.165) is 39.0 Å². The summed E-state index contributed by atoms with van der Waals surface area (Å²) < 4.78 is 0. The number of benzene rings is 4. The van der Waals surface area contributed by atoms with Crippen LogP contribution in [0.25, 0.3) is 33.3 Å². The van der Waals surface area contributed by atoms with Crippen molar-refractivity contribution in [1.29, 1.82) is 0 Å². The van der Waals surface area contributed by atoms with E-state index in [1.165, 1.54) is 33.6 Å². The molecule has 53 heavy (non-hydrogen) atoms. The quantitative estimate of drug-likeness (QED) is 0.119. The van der Waals surface area contributed by atoms with Crippen LogP contribution < -0.4 is 14.8 Å². The number of para-hydroxylation sites is 4. The van der Waals surface area contributed by atoms with Gasteiger partial charge >= 0.3 is 17.1 Å². The number of hydrogen-bond acceptors (Lipinski definition) is 5. The second-order valence-electron chi connectivity index (χ2n) is 14.8. The Labute approximate surface area is 325 Å². The van der Waals surface area contributed by atoms with Crippen LogP contribution in [0.4, 0.5) is 22.9 Å². The zero-order valence-electron chi connectivity index (χ0n) is 31.8. The van der Waals surface area contributed by atoms with Crippen LogP contribution in [0.2, 0.25) is 0 Å². The van der Waals surface area contributed by atoms with Crippen molar-refractivity contribution in [3.8, 4) is 11.5 Å². The smallest absolute Gasteiger partial charge is 0.471 e.